The zero-order valence-corrected chi connectivity index (χ0v) is 10.3. The van der Waals surface area contributed by atoms with Gasteiger partial charge in [-0.2, -0.15) is 0 Å². The van der Waals surface area contributed by atoms with Crippen LogP contribution in [0, 0.1) is 0 Å². The van der Waals surface area contributed by atoms with Gasteiger partial charge in [-0.1, -0.05) is 6.07 Å². The van der Waals surface area contributed by atoms with Crippen LogP contribution in [0.25, 0.3) is 5.65 Å². The molecule has 6 heteroatoms. The van der Waals surface area contributed by atoms with Gasteiger partial charge in [0.15, 0.2) is 5.82 Å². The first-order chi connectivity index (χ1) is 8.67. The van der Waals surface area contributed by atoms with Crippen LogP contribution in [-0.4, -0.2) is 28.4 Å². The van der Waals surface area contributed by atoms with Crippen LogP contribution in [0.2, 0.25) is 0 Å². The van der Waals surface area contributed by atoms with Crippen molar-refractivity contribution in [2.45, 2.75) is 13.5 Å². The summed E-state index contributed by atoms with van der Waals surface area (Å²) in [6.45, 7) is 3.11. The van der Waals surface area contributed by atoms with E-state index in [9.17, 15) is 4.79 Å². The Balaban J connectivity index is 2.51. The van der Waals surface area contributed by atoms with E-state index < -0.39 is 0 Å². The Morgan fingerprint density at radius 2 is 2.28 bits per heavy atom. The van der Waals surface area contributed by atoms with Gasteiger partial charge in [-0.15, -0.1) is 0 Å². The average molecular weight is 247 g/mol. The van der Waals surface area contributed by atoms with E-state index in [1.807, 2.05) is 40.6 Å². The fraction of sp³-hybridized carbons (Fsp3) is 0.333. The normalized spacial score (nSPS) is 10.8. The van der Waals surface area contributed by atoms with Gasteiger partial charge in [0, 0.05) is 19.3 Å². The quantitative estimate of drug-likeness (QED) is 0.784. The second-order valence-electron chi connectivity index (χ2n) is 4.00. The fourth-order valence-electron chi connectivity index (χ4n) is 2.00. The van der Waals surface area contributed by atoms with E-state index in [4.69, 9.17) is 11.5 Å². The minimum absolute atomic E-state index is 0.146. The zero-order chi connectivity index (χ0) is 13.1. The third-order valence-corrected chi connectivity index (χ3v) is 2.83. The molecule has 0 radical (unpaired) electrons. The molecular weight excluding hydrogens is 230 g/mol. The first-order valence-corrected chi connectivity index (χ1v) is 5.86. The summed E-state index contributed by atoms with van der Waals surface area (Å²) in [4.78, 5) is 17.4. The number of hydrogen-bond acceptors (Lipinski definition) is 4. The number of nitrogens with zero attached hydrogens (tertiary/aromatic N) is 3. The molecule has 2 heterocycles. The molecule has 2 aromatic rings. The molecule has 0 aromatic carbocycles. The third-order valence-electron chi connectivity index (χ3n) is 2.83. The Labute approximate surface area is 105 Å². The third kappa shape index (κ3) is 2.14. The molecule has 0 saturated carbocycles. The molecule has 0 spiro atoms. The standard InChI is InChI=1S/C12H17N5O/c1-2-16(8-10(14)18)12-9(7-13)17-6-4-3-5-11(17)15-12/h3-6H,2,7-8,13H2,1H3,(H2,14,18). The van der Waals surface area contributed by atoms with E-state index in [1.165, 1.54) is 0 Å². The molecule has 96 valence electrons. The molecule has 0 atom stereocenters. The highest BCUT2D eigenvalue weighted by Crippen LogP contribution is 2.20. The second-order valence-corrected chi connectivity index (χ2v) is 4.00. The number of aromatic nitrogens is 2. The molecule has 0 unspecified atom stereocenters. The maximum absolute atomic E-state index is 11.1. The smallest absolute Gasteiger partial charge is 0.236 e. The number of primary amides is 1. The van der Waals surface area contributed by atoms with Crippen LogP contribution >= 0.6 is 0 Å². The monoisotopic (exact) mass is 247 g/mol. The maximum Gasteiger partial charge on any atom is 0.236 e. The molecule has 1 amide bonds. The van der Waals surface area contributed by atoms with Gasteiger partial charge >= 0.3 is 0 Å². The van der Waals surface area contributed by atoms with Crippen molar-refractivity contribution in [2.75, 3.05) is 18.0 Å². The highest BCUT2D eigenvalue weighted by Gasteiger charge is 2.17. The topological polar surface area (TPSA) is 89.6 Å². The van der Waals surface area contributed by atoms with E-state index in [0.29, 0.717) is 13.1 Å². The van der Waals surface area contributed by atoms with Crippen molar-refractivity contribution < 1.29 is 4.79 Å². The Kier molecular flexibility index (Phi) is 3.47. The lowest BCUT2D eigenvalue weighted by Crippen LogP contribution is -2.34. The van der Waals surface area contributed by atoms with Gasteiger partial charge in [-0.05, 0) is 19.1 Å². The summed E-state index contributed by atoms with van der Waals surface area (Å²) in [6, 6.07) is 5.74. The molecule has 0 bridgehead atoms. The number of fused-ring (bicyclic) bond motifs is 1. The Morgan fingerprint density at radius 1 is 1.50 bits per heavy atom. The first kappa shape index (κ1) is 12.4. The number of anilines is 1. The minimum atomic E-state index is -0.378. The van der Waals surface area contributed by atoms with Crippen molar-refractivity contribution >= 4 is 17.4 Å². The van der Waals surface area contributed by atoms with Crippen LogP contribution in [0.4, 0.5) is 5.82 Å². The molecule has 2 rings (SSSR count). The highest BCUT2D eigenvalue weighted by atomic mass is 16.1. The van der Waals surface area contributed by atoms with Crippen LogP contribution in [-0.2, 0) is 11.3 Å². The lowest BCUT2D eigenvalue weighted by atomic mass is 10.3. The molecular formula is C12H17N5O. The molecule has 0 aliphatic carbocycles. The van der Waals surface area contributed by atoms with Gasteiger partial charge in [0.25, 0.3) is 0 Å². The molecule has 6 nitrogen and oxygen atoms in total. The molecule has 2 aromatic heterocycles. The van der Waals surface area contributed by atoms with Gasteiger partial charge in [0.2, 0.25) is 5.91 Å². The minimum Gasteiger partial charge on any atom is -0.368 e. The van der Waals surface area contributed by atoms with Crippen LogP contribution in [0.15, 0.2) is 24.4 Å². The second kappa shape index (κ2) is 5.05. The number of hydrogen-bond donors (Lipinski definition) is 2. The Morgan fingerprint density at radius 3 is 2.89 bits per heavy atom. The molecule has 4 N–H and O–H groups in total. The number of rotatable bonds is 5. The Hall–Kier alpha value is -2.08. The number of amides is 1. The van der Waals surface area contributed by atoms with Crippen LogP contribution < -0.4 is 16.4 Å². The van der Waals surface area contributed by atoms with Crippen LogP contribution in [0.3, 0.4) is 0 Å². The number of carbonyl (C=O) groups excluding carboxylic acids is 1. The molecule has 0 saturated heterocycles. The summed E-state index contributed by atoms with van der Waals surface area (Å²) in [6.07, 6.45) is 1.91. The molecule has 0 fully saturated rings. The number of nitrogens with two attached hydrogens (primary N) is 2. The van der Waals surface area contributed by atoms with Gasteiger partial charge in [0.1, 0.15) is 5.65 Å². The van der Waals surface area contributed by atoms with E-state index in [2.05, 4.69) is 4.98 Å². The van der Waals surface area contributed by atoms with Crippen molar-refractivity contribution in [1.82, 2.24) is 9.38 Å². The van der Waals surface area contributed by atoms with E-state index in [-0.39, 0.29) is 12.5 Å². The summed E-state index contributed by atoms with van der Waals surface area (Å²) in [5.41, 5.74) is 12.7. The number of likely N-dealkylation sites (N-methyl/N-ethyl adjacent to an activating group) is 1. The average Bonchev–Trinajstić information content (AvgIpc) is 2.73. The summed E-state index contributed by atoms with van der Waals surface area (Å²) in [5, 5.41) is 0. The van der Waals surface area contributed by atoms with Crippen molar-refractivity contribution in [3.8, 4) is 0 Å². The summed E-state index contributed by atoms with van der Waals surface area (Å²) in [7, 11) is 0. The zero-order valence-electron chi connectivity index (χ0n) is 10.3. The lowest BCUT2D eigenvalue weighted by molar-refractivity contribution is -0.116. The van der Waals surface area contributed by atoms with Gasteiger partial charge in [-0.3, -0.25) is 4.79 Å². The van der Waals surface area contributed by atoms with Gasteiger partial charge < -0.3 is 20.8 Å². The number of imidazole rings is 1. The fourth-order valence-corrected chi connectivity index (χ4v) is 2.00. The molecule has 18 heavy (non-hydrogen) atoms. The number of carbonyl (C=O) groups is 1. The first-order valence-electron chi connectivity index (χ1n) is 5.86. The maximum atomic E-state index is 11.1. The summed E-state index contributed by atoms with van der Waals surface area (Å²) in [5.74, 6) is 0.349. The summed E-state index contributed by atoms with van der Waals surface area (Å²) < 4.78 is 1.93. The lowest BCUT2D eigenvalue weighted by Gasteiger charge is -2.19. The number of pyridine rings is 1. The van der Waals surface area contributed by atoms with Crippen molar-refractivity contribution in [3.05, 3.63) is 30.1 Å². The van der Waals surface area contributed by atoms with Crippen molar-refractivity contribution in [1.29, 1.82) is 0 Å². The largest absolute Gasteiger partial charge is 0.368 e. The SMILES string of the molecule is CCN(CC(N)=O)c1nc2ccccn2c1CN. The van der Waals surface area contributed by atoms with Gasteiger partial charge in [0.05, 0.1) is 12.2 Å². The molecule has 0 aliphatic rings. The van der Waals surface area contributed by atoms with E-state index >= 15 is 0 Å². The van der Waals surface area contributed by atoms with Crippen molar-refractivity contribution in [3.63, 3.8) is 0 Å². The predicted molar refractivity (Wildman–Crippen MR) is 70.2 cm³/mol. The predicted octanol–water partition coefficient (Wildman–Crippen LogP) is 0.105. The van der Waals surface area contributed by atoms with Crippen molar-refractivity contribution in [2.24, 2.45) is 11.5 Å². The Bertz CT molecular complexity index is 563. The highest BCUT2D eigenvalue weighted by molar-refractivity contribution is 5.79. The van der Waals surface area contributed by atoms with Gasteiger partial charge in [-0.25, -0.2) is 4.98 Å². The van der Waals surface area contributed by atoms with Crippen LogP contribution in [0.5, 0.6) is 0 Å². The van der Waals surface area contributed by atoms with Crippen LogP contribution in [0.1, 0.15) is 12.6 Å². The molecule has 0 aliphatic heterocycles. The summed E-state index contributed by atoms with van der Waals surface area (Å²) >= 11 is 0. The van der Waals surface area contributed by atoms with E-state index in [1.54, 1.807) is 0 Å². The van der Waals surface area contributed by atoms with E-state index in [0.717, 1.165) is 17.2 Å².